The van der Waals surface area contributed by atoms with Crippen LogP contribution >= 0.6 is 0 Å². The van der Waals surface area contributed by atoms with Crippen LogP contribution in [0.2, 0.25) is 19.0 Å². The van der Waals surface area contributed by atoms with E-state index in [1.165, 1.54) is 63.0 Å². The highest BCUT2D eigenvalue weighted by Gasteiger charge is 2.24. The highest BCUT2D eigenvalue weighted by molar-refractivity contribution is 6.91. The summed E-state index contributed by atoms with van der Waals surface area (Å²) in [5, 5.41) is 0. The lowest BCUT2D eigenvalue weighted by Crippen LogP contribution is -2.47. The summed E-state index contributed by atoms with van der Waals surface area (Å²) in [5.74, 6) is 0. The Morgan fingerprint density at radius 1 is 0.700 bits per heavy atom. The quantitative estimate of drug-likeness (QED) is 0.455. The normalized spacial score (nSPS) is 11.8. The Bertz CT molecular complexity index is 331. The number of unbranched alkanes of at least 4 members (excludes halogenated alkanes) is 3. The average Bonchev–Trinajstić information content (AvgIpc) is 2.48. The molecule has 0 spiro atoms. The maximum absolute atomic E-state index is 2.43. The van der Waals surface area contributed by atoms with Gasteiger partial charge in [-0.1, -0.05) is 89.1 Å². The van der Waals surface area contributed by atoms with Gasteiger partial charge in [0.25, 0.3) is 0 Å². The molecule has 1 aromatic rings. The third-order valence-electron chi connectivity index (χ3n) is 5.12. The SMILES string of the molecule is CCCC[B-](CCCC)(CCCC)c1ccc(C)cc1. The summed E-state index contributed by atoms with van der Waals surface area (Å²) in [6.45, 7) is 9.18. The van der Waals surface area contributed by atoms with E-state index in [-0.39, 0.29) is 6.15 Å². The van der Waals surface area contributed by atoms with Gasteiger partial charge in [0.2, 0.25) is 0 Å². The highest BCUT2D eigenvalue weighted by Crippen LogP contribution is 2.28. The Balaban J connectivity index is 3.00. The summed E-state index contributed by atoms with van der Waals surface area (Å²) in [5.41, 5.74) is 3.05. The van der Waals surface area contributed by atoms with E-state index in [1.807, 2.05) is 0 Å². The van der Waals surface area contributed by atoms with Crippen molar-refractivity contribution in [3.63, 3.8) is 0 Å². The first-order valence-corrected chi connectivity index (χ1v) is 8.96. The molecule has 0 radical (unpaired) electrons. The van der Waals surface area contributed by atoms with Gasteiger partial charge in [-0.25, -0.2) is 5.46 Å². The zero-order valence-electron chi connectivity index (χ0n) is 14.3. The van der Waals surface area contributed by atoms with E-state index in [0.717, 1.165) is 0 Å². The van der Waals surface area contributed by atoms with Crippen molar-refractivity contribution in [2.24, 2.45) is 0 Å². The van der Waals surface area contributed by atoms with Crippen LogP contribution in [0.5, 0.6) is 0 Å². The second-order valence-electron chi connectivity index (χ2n) is 6.82. The number of aryl methyl sites for hydroxylation is 1. The minimum atomic E-state index is -0.324. The van der Waals surface area contributed by atoms with Crippen molar-refractivity contribution in [3.05, 3.63) is 29.8 Å². The topological polar surface area (TPSA) is 0 Å². The smallest absolute Gasteiger partial charge is 0.0279 e. The Kier molecular flexibility index (Phi) is 8.03. The van der Waals surface area contributed by atoms with E-state index in [4.69, 9.17) is 0 Å². The molecule has 0 saturated carbocycles. The molecule has 114 valence electrons. The molecule has 0 unspecified atom stereocenters. The first-order valence-electron chi connectivity index (χ1n) is 8.96. The zero-order chi connectivity index (χ0) is 14.8. The molecule has 0 fully saturated rings. The van der Waals surface area contributed by atoms with Crippen molar-refractivity contribution in [3.8, 4) is 0 Å². The van der Waals surface area contributed by atoms with E-state index in [9.17, 15) is 0 Å². The van der Waals surface area contributed by atoms with Crippen molar-refractivity contribution in [1.29, 1.82) is 0 Å². The molecule has 1 rings (SSSR count). The molecule has 1 aromatic carbocycles. The molecule has 1 heteroatoms. The minimum Gasteiger partial charge on any atom is -0.210 e. The van der Waals surface area contributed by atoms with Crippen molar-refractivity contribution >= 4 is 11.6 Å². The summed E-state index contributed by atoms with van der Waals surface area (Å²) in [6.07, 6.45) is 12.1. The molecule has 0 nitrogen and oxygen atoms in total. The number of hydrogen-bond donors (Lipinski definition) is 0. The van der Waals surface area contributed by atoms with Crippen molar-refractivity contribution in [2.75, 3.05) is 0 Å². The lowest BCUT2D eigenvalue weighted by Gasteiger charge is -2.41. The van der Waals surface area contributed by atoms with Crippen LogP contribution in [0.4, 0.5) is 0 Å². The molecule has 0 amide bonds. The molecule has 0 atom stereocenters. The van der Waals surface area contributed by atoms with E-state index in [1.54, 1.807) is 5.46 Å². The summed E-state index contributed by atoms with van der Waals surface area (Å²) in [7, 11) is 0. The van der Waals surface area contributed by atoms with Gasteiger partial charge in [-0.05, 0) is 6.92 Å². The average molecular weight is 273 g/mol. The van der Waals surface area contributed by atoms with Gasteiger partial charge < -0.3 is 0 Å². The van der Waals surface area contributed by atoms with Crippen molar-refractivity contribution < 1.29 is 0 Å². The molecule has 0 aliphatic rings. The summed E-state index contributed by atoms with van der Waals surface area (Å²) < 4.78 is 0. The molecule has 0 aliphatic heterocycles. The van der Waals surface area contributed by atoms with Crippen LogP contribution in [0, 0.1) is 6.92 Å². The standard InChI is InChI=1S/C19H34B/c1-5-8-15-20(16-9-6-2,17-10-7-3)19-13-11-18(4)12-14-19/h11-14H,5-10,15-17H2,1-4H3/q-1. The molecule has 20 heavy (non-hydrogen) atoms. The lowest BCUT2D eigenvalue weighted by atomic mass is 9.16. The fourth-order valence-electron chi connectivity index (χ4n) is 3.69. The molecule has 0 bridgehead atoms. The Morgan fingerprint density at radius 3 is 1.45 bits per heavy atom. The van der Waals surface area contributed by atoms with E-state index in [0.29, 0.717) is 0 Å². The molecule has 0 heterocycles. The van der Waals surface area contributed by atoms with Gasteiger partial charge in [-0.3, -0.25) is 0 Å². The Hall–Kier alpha value is -0.715. The molecule has 0 saturated heterocycles. The second kappa shape index (κ2) is 9.26. The van der Waals surface area contributed by atoms with Crippen molar-refractivity contribution in [1.82, 2.24) is 0 Å². The summed E-state index contributed by atoms with van der Waals surface area (Å²) in [6, 6.07) is 9.48. The lowest BCUT2D eigenvalue weighted by molar-refractivity contribution is 0.800. The molecular weight excluding hydrogens is 239 g/mol. The summed E-state index contributed by atoms with van der Waals surface area (Å²) >= 11 is 0. The third kappa shape index (κ3) is 5.00. The third-order valence-corrected chi connectivity index (χ3v) is 5.12. The van der Waals surface area contributed by atoms with Crippen LogP contribution in [-0.2, 0) is 0 Å². The van der Waals surface area contributed by atoms with Gasteiger partial charge >= 0.3 is 0 Å². The van der Waals surface area contributed by atoms with E-state index in [2.05, 4.69) is 52.0 Å². The predicted molar refractivity (Wildman–Crippen MR) is 95.7 cm³/mol. The van der Waals surface area contributed by atoms with Crippen LogP contribution < -0.4 is 5.46 Å². The number of rotatable bonds is 10. The van der Waals surface area contributed by atoms with Crippen LogP contribution in [0.25, 0.3) is 0 Å². The monoisotopic (exact) mass is 273 g/mol. The molecular formula is C19H34B-. The van der Waals surface area contributed by atoms with Crippen molar-refractivity contribution in [2.45, 2.75) is 85.2 Å². The number of hydrogen-bond acceptors (Lipinski definition) is 0. The maximum atomic E-state index is 2.43. The van der Waals surface area contributed by atoms with Gasteiger partial charge in [0.1, 0.15) is 0 Å². The van der Waals surface area contributed by atoms with Gasteiger partial charge in [-0.2, -0.15) is 19.0 Å². The van der Waals surface area contributed by atoms with Crippen LogP contribution in [0.1, 0.15) is 64.9 Å². The molecule has 0 aromatic heterocycles. The Labute approximate surface area is 127 Å². The largest absolute Gasteiger partial charge is 0.210 e. The van der Waals surface area contributed by atoms with Gasteiger partial charge in [-0.15, -0.1) is 0 Å². The van der Waals surface area contributed by atoms with E-state index >= 15 is 0 Å². The Morgan fingerprint density at radius 2 is 1.10 bits per heavy atom. The van der Waals surface area contributed by atoms with Crippen LogP contribution in [0.15, 0.2) is 24.3 Å². The van der Waals surface area contributed by atoms with Crippen LogP contribution in [0.3, 0.4) is 0 Å². The van der Waals surface area contributed by atoms with Gasteiger partial charge in [0.05, 0.1) is 0 Å². The number of benzene rings is 1. The predicted octanol–water partition coefficient (Wildman–Crippen LogP) is 6.05. The van der Waals surface area contributed by atoms with Gasteiger partial charge in [0, 0.05) is 6.15 Å². The first-order chi connectivity index (χ1) is 9.68. The van der Waals surface area contributed by atoms with Gasteiger partial charge in [0.15, 0.2) is 0 Å². The minimum absolute atomic E-state index is 0.324. The fraction of sp³-hybridized carbons (Fsp3) is 0.684. The first kappa shape index (κ1) is 17.3. The highest BCUT2D eigenvalue weighted by atomic mass is 14.0. The van der Waals surface area contributed by atoms with Crippen LogP contribution in [-0.4, -0.2) is 6.15 Å². The molecule has 0 N–H and O–H groups in total. The zero-order valence-corrected chi connectivity index (χ0v) is 14.3. The fourth-order valence-corrected chi connectivity index (χ4v) is 3.69. The maximum Gasteiger partial charge on any atom is 0.0279 e. The summed E-state index contributed by atoms with van der Waals surface area (Å²) in [4.78, 5) is 0. The second-order valence-corrected chi connectivity index (χ2v) is 6.82. The van der Waals surface area contributed by atoms with E-state index < -0.39 is 0 Å². The molecule has 0 aliphatic carbocycles.